The summed E-state index contributed by atoms with van der Waals surface area (Å²) < 4.78 is 2.00. The van der Waals surface area contributed by atoms with Gasteiger partial charge in [0, 0.05) is 36.1 Å². The van der Waals surface area contributed by atoms with E-state index in [1.54, 1.807) is 0 Å². The van der Waals surface area contributed by atoms with E-state index in [9.17, 15) is 0 Å². The van der Waals surface area contributed by atoms with Gasteiger partial charge in [0.2, 0.25) is 0 Å². The molecule has 2 heterocycles. The Morgan fingerprint density at radius 1 is 1.62 bits per heavy atom. The van der Waals surface area contributed by atoms with Crippen LogP contribution in [0.25, 0.3) is 0 Å². The van der Waals surface area contributed by atoms with Crippen molar-refractivity contribution in [2.45, 2.75) is 45.3 Å². The Bertz CT molecular complexity index is 318. The minimum atomic E-state index is 0.476. The molecule has 3 nitrogen and oxygen atoms in total. The number of aromatic nitrogens is 2. The second-order valence-electron chi connectivity index (χ2n) is 4.32. The summed E-state index contributed by atoms with van der Waals surface area (Å²) in [5.41, 5.74) is 1.33. The molecule has 2 rings (SSSR count). The van der Waals surface area contributed by atoms with Crippen LogP contribution in [-0.2, 0) is 6.54 Å². The highest BCUT2D eigenvalue weighted by Gasteiger charge is 2.20. The van der Waals surface area contributed by atoms with Crippen LogP contribution in [-0.4, -0.2) is 27.3 Å². The SMILES string of the molecule is CCC(NC1CCSC1)c1cnn(CC)c1. The first-order valence-electron chi connectivity index (χ1n) is 6.19. The number of rotatable bonds is 5. The lowest BCUT2D eigenvalue weighted by Gasteiger charge is -2.20. The lowest BCUT2D eigenvalue weighted by atomic mass is 10.1. The highest BCUT2D eigenvalue weighted by atomic mass is 32.2. The third-order valence-corrected chi connectivity index (χ3v) is 4.32. The highest BCUT2D eigenvalue weighted by Crippen LogP contribution is 2.22. The van der Waals surface area contributed by atoms with E-state index in [0.717, 1.165) is 13.0 Å². The monoisotopic (exact) mass is 239 g/mol. The maximum absolute atomic E-state index is 4.35. The lowest BCUT2D eigenvalue weighted by molar-refractivity contribution is 0.450. The third kappa shape index (κ3) is 2.80. The van der Waals surface area contributed by atoms with E-state index in [-0.39, 0.29) is 0 Å². The molecular formula is C12H21N3S. The molecule has 2 atom stereocenters. The summed E-state index contributed by atoms with van der Waals surface area (Å²) >= 11 is 2.06. The first kappa shape index (κ1) is 12.0. The van der Waals surface area contributed by atoms with Crippen LogP contribution in [0.4, 0.5) is 0 Å². The van der Waals surface area contributed by atoms with Gasteiger partial charge in [0.05, 0.1) is 6.20 Å². The number of aryl methyl sites for hydroxylation is 1. The third-order valence-electron chi connectivity index (χ3n) is 3.15. The molecular weight excluding hydrogens is 218 g/mol. The van der Waals surface area contributed by atoms with E-state index in [1.165, 1.54) is 23.5 Å². The fourth-order valence-corrected chi connectivity index (χ4v) is 3.30. The molecule has 1 saturated heterocycles. The molecule has 0 amide bonds. The molecule has 16 heavy (non-hydrogen) atoms. The van der Waals surface area contributed by atoms with Crippen LogP contribution >= 0.6 is 11.8 Å². The summed E-state index contributed by atoms with van der Waals surface area (Å²) in [6.07, 6.45) is 6.62. The molecule has 1 N–H and O–H groups in total. The predicted molar refractivity (Wildman–Crippen MR) is 69.8 cm³/mol. The van der Waals surface area contributed by atoms with Gasteiger partial charge in [-0.3, -0.25) is 4.68 Å². The number of nitrogens with zero attached hydrogens (tertiary/aromatic N) is 2. The summed E-state index contributed by atoms with van der Waals surface area (Å²) in [4.78, 5) is 0. The zero-order valence-electron chi connectivity index (χ0n) is 10.1. The Kier molecular flexibility index (Phi) is 4.29. The van der Waals surface area contributed by atoms with Gasteiger partial charge in [-0.25, -0.2) is 0 Å². The number of nitrogens with one attached hydrogen (secondary N) is 1. The maximum Gasteiger partial charge on any atom is 0.0537 e. The molecule has 1 fully saturated rings. The van der Waals surface area contributed by atoms with Gasteiger partial charge in [0.15, 0.2) is 0 Å². The van der Waals surface area contributed by atoms with Gasteiger partial charge in [-0.15, -0.1) is 0 Å². The van der Waals surface area contributed by atoms with E-state index in [2.05, 4.69) is 42.2 Å². The van der Waals surface area contributed by atoms with E-state index < -0.39 is 0 Å². The fourth-order valence-electron chi connectivity index (χ4n) is 2.13. The topological polar surface area (TPSA) is 29.9 Å². The van der Waals surface area contributed by atoms with Gasteiger partial charge in [0.25, 0.3) is 0 Å². The van der Waals surface area contributed by atoms with Crippen molar-refractivity contribution in [3.8, 4) is 0 Å². The predicted octanol–water partition coefficient (Wildman–Crippen LogP) is 2.45. The molecule has 0 aliphatic carbocycles. The Hall–Kier alpha value is -0.480. The van der Waals surface area contributed by atoms with Crippen molar-refractivity contribution in [1.29, 1.82) is 0 Å². The first-order valence-corrected chi connectivity index (χ1v) is 7.35. The summed E-state index contributed by atoms with van der Waals surface area (Å²) in [6, 6.07) is 1.17. The van der Waals surface area contributed by atoms with Crippen molar-refractivity contribution >= 4 is 11.8 Å². The molecule has 0 spiro atoms. The maximum atomic E-state index is 4.35. The van der Waals surface area contributed by atoms with E-state index in [4.69, 9.17) is 0 Å². The Labute approximate surface area is 102 Å². The molecule has 1 aromatic heterocycles. The van der Waals surface area contributed by atoms with Crippen molar-refractivity contribution in [3.63, 3.8) is 0 Å². The van der Waals surface area contributed by atoms with Crippen molar-refractivity contribution in [2.24, 2.45) is 0 Å². The lowest BCUT2D eigenvalue weighted by Crippen LogP contribution is -2.32. The average molecular weight is 239 g/mol. The van der Waals surface area contributed by atoms with Gasteiger partial charge < -0.3 is 5.32 Å². The quantitative estimate of drug-likeness (QED) is 0.856. The van der Waals surface area contributed by atoms with Crippen LogP contribution in [0.2, 0.25) is 0 Å². The molecule has 0 radical (unpaired) electrons. The number of thioether (sulfide) groups is 1. The standard InChI is InChI=1S/C12H21N3S/c1-3-12(14-11-5-6-16-9-11)10-7-13-15(4-2)8-10/h7-8,11-12,14H,3-6,9H2,1-2H3. The van der Waals surface area contributed by atoms with Gasteiger partial charge in [0.1, 0.15) is 0 Å². The van der Waals surface area contributed by atoms with Gasteiger partial charge in [-0.2, -0.15) is 16.9 Å². The molecule has 1 aliphatic heterocycles. The second-order valence-corrected chi connectivity index (χ2v) is 5.47. The van der Waals surface area contributed by atoms with Gasteiger partial charge in [-0.05, 0) is 25.5 Å². The zero-order chi connectivity index (χ0) is 11.4. The van der Waals surface area contributed by atoms with E-state index in [0.29, 0.717) is 12.1 Å². The van der Waals surface area contributed by atoms with Crippen LogP contribution in [0.5, 0.6) is 0 Å². The normalized spacial score (nSPS) is 22.5. The molecule has 0 bridgehead atoms. The summed E-state index contributed by atoms with van der Waals surface area (Å²) in [5.74, 6) is 2.57. The van der Waals surface area contributed by atoms with Gasteiger partial charge >= 0.3 is 0 Å². The minimum Gasteiger partial charge on any atom is -0.306 e. The fraction of sp³-hybridized carbons (Fsp3) is 0.750. The van der Waals surface area contributed by atoms with Crippen molar-refractivity contribution in [3.05, 3.63) is 18.0 Å². The number of hydrogen-bond donors (Lipinski definition) is 1. The van der Waals surface area contributed by atoms with Crippen LogP contribution in [0.1, 0.15) is 38.3 Å². The molecule has 1 aromatic rings. The molecule has 1 aliphatic rings. The van der Waals surface area contributed by atoms with Gasteiger partial charge in [-0.1, -0.05) is 6.92 Å². The molecule has 0 aromatic carbocycles. The largest absolute Gasteiger partial charge is 0.306 e. The van der Waals surface area contributed by atoms with Crippen LogP contribution in [0.3, 0.4) is 0 Å². The van der Waals surface area contributed by atoms with E-state index in [1.807, 2.05) is 10.9 Å². The molecule has 4 heteroatoms. The Morgan fingerprint density at radius 2 is 2.50 bits per heavy atom. The van der Waals surface area contributed by atoms with Crippen LogP contribution < -0.4 is 5.32 Å². The molecule has 0 saturated carbocycles. The second kappa shape index (κ2) is 5.73. The minimum absolute atomic E-state index is 0.476. The highest BCUT2D eigenvalue weighted by molar-refractivity contribution is 7.99. The van der Waals surface area contributed by atoms with Crippen LogP contribution in [0.15, 0.2) is 12.4 Å². The van der Waals surface area contributed by atoms with E-state index >= 15 is 0 Å². The zero-order valence-corrected chi connectivity index (χ0v) is 11.0. The first-order chi connectivity index (χ1) is 7.83. The summed E-state index contributed by atoms with van der Waals surface area (Å²) in [5, 5.41) is 8.09. The number of hydrogen-bond acceptors (Lipinski definition) is 3. The summed E-state index contributed by atoms with van der Waals surface area (Å²) in [6.45, 7) is 5.32. The molecule has 90 valence electrons. The Balaban J connectivity index is 1.97. The summed E-state index contributed by atoms with van der Waals surface area (Å²) in [7, 11) is 0. The van der Waals surface area contributed by atoms with Crippen molar-refractivity contribution in [1.82, 2.24) is 15.1 Å². The smallest absolute Gasteiger partial charge is 0.0537 e. The van der Waals surface area contributed by atoms with Crippen LogP contribution in [0, 0.1) is 0 Å². The Morgan fingerprint density at radius 3 is 3.06 bits per heavy atom. The van der Waals surface area contributed by atoms with Crippen molar-refractivity contribution < 1.29 is 0 Å². The average Bonchev–Trinajstić information content (AvgIpc) is 2.96. The van der Waals surface area contributed by atoms with Crippen molar-refractivity contribution in [2.75, 3.05) is 11.5 Å². The molecule has 2 unspecified atom stereocenters.